The van der Waals surface area contributed by atoms with Crippen LogP contribution in [0.3, 0.4) is 0 Å². The quantitative estimate of drug-likeness (QED) is 0.932. The van der Waals surface area contributed by atoms with E-state index in [1.807, 2.05) is 19.2 Å². The van der Waals surface area contributed by atoms with Crippen molar-refractivity contribution in [3.05, 3.63) is 17.8 Å². The summed E-state index contributed by atoms with van der Waals surface area (Å²) >= 11 is 0. The zero-order valence-corrected chi connectivity index (χ0v) is 12.3. The molecular weight excluding hydrogens is 250 g/mol. The van der Waals surface area contributed by atoms with Crippen LogP contribution in [0.4, 0.5) is 5.95 Å². The number of anilines is 1. The van der Waals surface area contributed by atoms with Crippen LogP contribution in [0.5, 0.6) is 0 Å². The predicted octanol–water partition coefficient (Wildman–Crippen LogP) is 2.37. The molecule has 5 heteroatoms. The van der Waals surface area contributed by atoms with Crippen molar-refractivity contribution in [3.8, 4) is 0 Å². The van der Waals surface area contributed by atoms with Crippen molar-refractivity contribution < 1.29 is 0 Å². The summed E-state index contributed by atoms with van der Waals surface area (Å²) in [5.41, 5.74) is 9.02. The number of piperidine rings is 1. The van der Waals surface area contributed by atoms with E-state index in [1.165, 1.54) is 32.4 Å². The largest absolute Gasteiger partial charge is 0.369 e. The zero-order valence-electron chi connectivity index (χ0n) is 12.3. The van der Waals surface area contributed by atoms with Gasteiger partial charge in [-0.1, -0.05) is 6.42 Å². The number of nitrogen functional groups attached to an aromatic ring is 1. The minimum absolute atomic E-state index is 0.299. The topological polar surface area (TPSA) is 60.0 Å². The van der Waals surface area contributed by atoms with E-state index in [1.54, 1.807) is 0 Å². The molecule has 2 N–H and O–H groups in total. The Morgan fingerprint density at radius 3 is 2.80 bits per heavy atom. The normalized spacial score (nSPS) is 18.5. The first-order valence-corrected chi connectivity index (χ1v) is 7.47. The van der Waals surface area contributed by atoms with Crippen molar-refractivity contribution >= 4 is 17.1 Å². The highest BCUT2D eigenvalue weighted by Crippen LogP contribution is 2.23. The number of aromatic nitrogens is 3. The number of hydrogen-bond donors (Lipinski definition) is 1. The fraction of sp³-hybridized carbons (Fsp3) is 0.600. The molecule has 1 aliphatic rings. The van der Waals surface area contributed by atoms with Gasteiger partial charge in [0.2, 0.25) is 5.95 Å². The van der Waals surface area contributed by atoms with Gasteiger partial charge in [0.25, 0.3) is 0 Å². The second kappa shape index (κ2) is 5.40. The number of pyridine rings is 1. The Kier molecular flexibility index (Phi) is 3.61. The fourth-order valence-corrected chi connectivity index (χ4v) is 3.13. The Balaban J connectivity index is 1.86. The lowest BCUT2D eigenvalue weighted by Crippen LogP contribution is -2.34. The van der Waals surface area contributed by atoms with E-state index in [0.29, 0.717) is 12.0 Å². The highest BCUT2D eigenvalue weighted by molar-refractivity contribution is 5.74. The van der Waals surface area contributed by atoms with E-state index in [9.17, 15) is 0 Å². The first-order valence-electron chi connectivity index (χ1n) is 7.47. The van der Waals surface area contributed by atoms with Gasteiger partial charge >= 0.3 is 0 Å². The summed E-state index contributed by atoms with van der Waals surface area (Å²) in [6.07, 6.45) is 5.87. The third-order valence-electron chi connectivity index (χ3n) is 4.11. The van der Waals surface area contributed by atoms with Gasteiger partial charge in [-0.25, -0.2) is 9.97 Å². The minimum Gasteiger partial charge on any atom is -0.369 e. The smallest absolute Gasteiger partial charge is 0.202 e. The van der Waals surface area contributed by atoms with Crippen LogP contribution in [0.1, 0.15) is 37.8 Å². The van der Waals surface area contributed by atoms with Gasteiger partial charge < -0.3 is 10.6 Å². The van der Waals surface area contributed by atoms with Crippen LogP contribution in [-0.2, 0) is 0 Å². The molecule has 1 fully saturated rings. The third-order valence-corrected chi connectivity index (χ3v) is 4.11. The van der Waals surface area contributed by atoms with Crippen molar-refractivity contribution in [2.75, 3.05) is 25.4 Å². The molecule has 1 atom stereocenters. The van der Waals surface area contributed by atoms with E-state index in [4.69, 9.17) is 5.73 Å². The molecule has 0 spiro atoms. The minimum atomic E-state index is 0.299. The average Bonchev–Trinajstić information content (AvgIpc) is 2.74. The van der Waals surface area contributed by atoms with Crippen molar-refractivity contribution in [1.29, 1.82) is 0 Å². The lowest BCUT2D eigenvalue weighted by Gasteiger charge is -2.29. The van der Waals surface area contributed by atoms with Gasteiger partial charge in [0.05, 0.1) is 0 Å². The summed E-state index contributed by atoms with van der Waals surface area (Å²) in [5.74, 6) is 0.572. The molecule has 0 aromatic carbocycles. The lowest BCUT2D eigenvalue weighted by atomic mass is 10.1. The number of fused-ring (bicyclic) bond motifs is 1. The van der Waals surface area contributed by atoms with Gasteiger partial charge in [-0.3, -0.25) is 4.57 Å². The Morgan fingerprint density at radius 2 is 2.05 bits per heavy atom. The Bertz CT molecular complexity index is 598. The van der Waals surface area contributed by atoms with Crippen LogP contribution in [0.2, 0.25) is 0 Å². The predicted molar refractivity (Wildman–Crippen MR) is 81.7 cm³/mol. The summed E-state index contributed by atoms with van der Waals surface area (Å²) in [7, 11) is 0. The molecule has 0 saturated carbocycles. The highest BCUT2D eigenvalue weighted by atomic mass is 15.2. The average molecular weight is 273 g/mol. The van der Waals surface area contributed by atoms with Crippen molar-refractivity contribution in [2.24, 2.45) is 0 Å². The lowest BCUT2D eigenvalue weighted by molar-refractivity contribution is 0.203. The number of nitrogens with two attached hydrogens (primary N) is 1. The fourth-order valence-electron chi connectivity index (χ4n) is 3.13. The summed E-state index contributed by atoms with van der Waals surface area (Å²) in [4.78, 5) is 11.5. The maximum Gasteiger partial charge on any atom is 0.202 e. The second-order valence-electron chi connectivity index (χ2n) is 5.91. The van der Waals surface area contributed by atoms with E-state index in [2.05, 4.69) is 26.4 Å². The second-order valence-corrected chi connectivity index (χ2v) is 5.91. The van der Waals surface area contributed by atoms with E-state index < -0.39 is 0 Å². The maximum atomic E-state index is 6.10. The Hall–Kier alpha value is -1.62. The molecule has 3 rings (SSSR count). The Labute approximate surface area is 119 Å². The van der Waals surface area contributed by atoms with Gasteiger partial charge in [0.15, 0.2) is 5.65 Å². The van der Waals surface area contributed by atoms with Crippen LogP contribution in [0, 0.1) is 6.92 Å². The van der Waals surface area contributed by atoms with Crippen molar-refractivity contribution in [3.63, 3.8) is 0 Å². The molecule has 2 aromatic rings. The van der Waals surface area contributed by atoms with Gasteiger partial charge in [0, 0.05) is 18.8 Å². The van der Waals surface area contributed by atoms with Gasteiger partial charge in [0.1, 0.15) is 5.52 Å². The molecule has 20 heavy (non-hydrogen) atoms. The Morgan fingerprint density at radius 1 is 1.30 bits per heavy atom. The monoisotopic (exact) mass is 273 g/mol. The molecule has 2 aromatic heterocycles. The van der Waals surface area contributed by atoms with Crippen LogP contribution in [0.15, 0.2) is 12.3 Å². The molecule has 108 valence electrons. The van der Waals surface area contributed by atoms with E-state index >= 15 is 0 Å². The standard InChI is InChI=1S/C15H23N5/c1-11-8-13-14(17-9-11)20(15(16)18-13)12(2)10-19-6-4-3-5-7-19/h8-9,12H,3-7,10H2,1-2H3,(H2,16,18). The molecule has 1 aliphatic heterocycles. The molecule has 1 unspecified atom stereocenters. The van der Waals surface area contributed by atoms with Crippen molar-refractivity contribution in [2.45, 2.75) is 39.2 Å². The molecule has 3 heterocycles. The van der Waals surface area contributed by atoms with Crippen LogP contribution < -0.4 is 5.73 Å². The maximum absolute atomic E-state index is 6.10. The van der Waals surface area contributed by atoms with Crippen LogP contribution in [-0.4, -0.2) is 39.1 Å². The molecule has 5 nitrogen and oxygen atoms in total. The number of nitrogens with zero attached hydrogens (tertiary/aromatic N) is 4. The number of imidazole rings is 1. The van der Waals surface area contributed by atoms with Gasteiger partial charge in [-0.05, 0) is 51.4 Å². The molecule has 0 amide bonds. The summed E-state index contributed by atoms with van der Waals surface area (Å²) in [5, 5.41) is 0. The first kappa shape index (κ1) is 13.4. The molecule has 1 saturated heterocycles. The van der Waals surface area contributed by atoms with E-state index in [0.717, 1.165) is 23.3 Å². The highest BCUT2D eigenvalue weighted by Gasteiger charge is 2.19. The molecular formula is C15H23N5. The summed E-state index contributed by atoms with van der Waals surface area (Å²) in [6.45, 7) is 7.64. The SMILES string of the molecule is Cc1cnc2c(c1)nc(N)n2C(C)CN1CCCCC1. The number of likely N-dealkylation sites (tertiary alicyclic amines) is 1. The van der Waals surface area contributed by atoms with Gasteiger partial charge in [-0.2, -0.15) is 0 Å². The number of rotatable bonds is 3. The number of aryl methyl sites for hydroxylation is 1. The van der Waals surface area contributed by atoms with Crippen LogP contribution in [0.25, 0.3) is 11.2 Å². The zero-order chi connectivity index (χ0) is 14.1. The number of hydrogen-bond acceptors (Lipinski definition) is 4. The van der Waals surface area contributed by atoms with E-state index in [-0.39, 0.29) is 0 Å². The molecule has 0 radical (unpaired) electrons. The van der Waals surface area contributed by atoms with Crippen LogP contribution >= 0.6 is 0 Å². The van der Waals surface area contributed by atoms with Gasteiger partial charge in [-0.15, -0.1) is 0 Å². The summed E-state index contributed by atoms with van der Waals surface area (Å²) in [6, 6.07) is 2.34. The third kappa shape index (κ3) is 2.50. The summed E-state index contributed by atoms with van der Waals surface area (Å²) < 4.78 is 2.07. The molecule has 0 bridgehead atoms. The first-order chi connectivity index (χ1) is 9.65. The molecule has 0 aliphatic carbocycles. The van der Waals surface area contributed by atoms with Crippen molar-refractivity contribution in [1.82, 2.24) is 19.4 Å².